The van der Waals surface area contributed by atoms with Crippen LogP contribution >= 0.6 is 10.8 Å². The Kier molecular flexibility index (Phi) is 12.3. The molecule has 7 rings (SSSR count). The van der Waals surface area contributed by atoms with Gasteiger partial charge in [0, 0.05) is 31.3 Å². The summed E-state index contributed by atoms with van der Waals surface area (Å²) in [4.78, 5) is 30.8. The highest BCUT2D eigenvalue weighted by Gasteiger charge is 2.43. The largest absolute Gasteiger partial charge is 0.497 e. The summed E-state index contributed by atoms with van der Waals surface area (Å²) in [5.74, 6) is 1.29. The van der Waals surface area contributed by atoms with Gasteiger partial charge in [-0.25, -0.2) is 18.4 Å². The first-order chi connectivity index (χ1) is 28.0. The van der Waals surface area contributed by atoms with Gasteiger partial charge in [-0.3, -0.25) is 14.3 Å². The van der Waals surface area contributed by atoms with Gasteiger partial charge in [-0.05, 0) is 60.0 Å². The van der Waals surface area contributed by atoms with E-state index in [9.17, 15) is 13.2 Å². The fraction of sp³-hybridized carbons (Fsp3) is 0.286. The average Bonchev–Trinajstić information content (AvgIpc) is 3.85. The van der Waals surface area contributed by atoms with Gasteiger partial charge in [-0.2, -0.15) is 4.98 Å². The van der Waals surface area contributed by atoms with Crippen molar-refractivity contribution in [3.8, 4) is 11.5 Å². The van der Waals surface area contributed by atoms with E-state index in [-0.39, 0.29) is 41.0 Å². The number of H-pyrrole nitrogens is 1. The van der Waals surface area contributed by atoms with Gasteiger partial charge in [0.2, 0.25) is 14.8 Å². The molecule has 1 saturated heterocycles. The lowest BCUT2D eigenvalue weighted by Gasteiger charge is -2.37. The third-order valence-corrected chi connectivity index (χ3v) is 12.9. The first kappa shape index (κ1) is 40.7. The molecule has 1 aliphatic heterocycles. The van der Waals surface area contributed by atoms with E-state index in [2.05, 4.69) is 19.9 Å². The Bertz CT molecular complexity index is 2460. The lowest BCUT2D eigenvalue weighted by atomic mass is 9.80. The number of aryl methyl sites for hydroxylation is 1. The molecule has 1 N–H and O–H groups in total. The molecule has 1 fully saturated rings. The van der Waals surface area contributed by atoms with E-state index in [1.54, 1.807) is 62.0 Å². The third kappa shape index (κ3) is 8.66. The molecule has 0 amide bonds. The fourth-order valence-corrected chi connectivity index (χ4v) is 9.04. The average molecular weight is 825 g/mol. The van der Waals surface area contributed by atoms with Crippen molar-refractivity contribution in [2.45, 2.75) is 42.3 Å². The van der Waals surface area contributed by atoms with Crippen LogP contribution in [0.4, 0.5) is 5.95 Å². The number of aliphatic imine (C=N–C) groups is 1. The number of ether oxygens (including phenoxy) is 5. The first-order valence-corrected chi connectivity index (χ1v) is 21.4. The SMILES string of the molecule is COc1ccc(C(OC[C@H]2O[C@@H](n3cnc4c(=O)[nH]c(/N=C\N(C)C)nc43)CC2OCSS(=O)(=O)c2ccc(C)cc2)(c2ccccc2)c2ccc(OC)cc2)cc1. The van der Waals surface area contributed by atoms with Gasteiger partial charge in [-0.1, -0.05) is 72.3 Å². The molecular weight excluding hydrogens is 781 g/mol. The molecule has 14 nitrogen and oxygen atoms in total. The molecule has 16 heteroatoms. The maximum atomic E-state index is 13.3. The van der Waals surface area contributed by atoms with E-state index in [0.29, 0.717) is 22.3 Å². The van der Waals surface area contributed by atoms with Crippen molar-refractivity contribution >= 4 is 43.1 Å². The van der Waals surface area contributed by atoms with Crippen molar-refractivity contribution in [2.24, 2.45) is 4.99 Å². The van der Waals surface area contributed by atoms with Crippen molar-refractivity contribution < 1.29 is 32.1 Å². The second-order valence-corrected chi connectivity index (χ2v) is 17.7. The van der Waals surface area contributed by atoms with Crippen LogP contribution in [0.1, 0.15) is 34.9 Å². The lowest BCUT2D eigenvalue weighted by molar-refractivity contribution is -0.0991. The van der Waals surface area contributed by atoms with Crippen LogP contribution in [-0.4, -0.2) is 92.2 Å². The van der Waals surface area contributed by atoms with Crippen molar-refractivity contribution in [2.75, 3.05) is 40.9 Å². The van der Waals surface area contributed by atoms with Crippen LogP contribution in [0.15, 0.2) is 124 Å². The molecule has 0 saturated carbocycles. The van der Waals surface area contributed by atoms with Gasteiger partial charge in [0.25, 0.3) is 5.56 Å². The monoisotopic (exact) mass is 824 g/mol. The maximum Gasteiger partial charge on any atom is 0.280 e. The summed E-state index contributed by atoms with van der Waals surface area (Å²) in [6.07, 6.45) is 1.20. The quantitative estimate of drug-likeness (QED) is 0.0376. The number of methoxy groups -OCH3 is 2. The minimum absolute atomic E-state index is 0.00250. The fourth-order valence-electron chi connectivity index (χ4n) is 6.79. The zero-order chi connectivity index (χ0) is 40.9. The highest BCUT2D eigenvalue weighted by molar-refractivity contribution is 8.72. The molecular formula is C42H44N6O8S2. The van der Waals surface area contributed by atoms with Gasteiger partial charge in [0.15, 0.2) is 11.2 Å². The molecule has 302 valence electrons. The molecule has 0 radical (unpaired) electrons. The Morgan fingerprint density at radius 2 is 1.55 bits per heavy atom. The van der Waals surface area contributed by atoms with E-state index in [4.69, 9.17) is 23.7 Å². The van der Waals surface area contributed by atoms with Crippen LogP contribution in [0, 0.1) is 6.92 Å². The maximum absolute atomic E-state index is 13.3. The second-order valence-electron chi connectivity index (χ2n) is 13.8. The molecule has 0 aliphatic carbocycles. The normalized spacial score (nSPS) is 17.2. The van der Waals surface area contributed by atoms with Crippen LogP contribution in [0.5, 0.6) is 11.5 Å². The van der Waals surface area contributed by atoms with E-state index in [0.717, 1.165) is 22.3 Å². The van der Waals surface area contributed by atoms with Crippen LogP contribution in [0.2, 0.25) is 0 Å². The number of aromatic nitrogens is 4. The lowest BCUT2D eigenvalue weighted by Crippen LogP contribution is -2.38. The molecule has 3 atom stereocenters. The van der Waals surface area contributed by atoms with Crippen molar-refractivity contribution in [3.05, 3.63) is 142 Å². The predicted molar refractivity (Wildman–Crippen MR) is 222 cm³/mol. The van der Waals surface area contributed by atoms with Gasteiger partial charge in [0.05, 0.1) is 44.5 Å². The molecule has 2 aromatic heterocycles. The van der Waals surface area contributed by atoms with E-state index in [1.165, 1.54) is 12.7 Å². The van der Waals surface area contributed by atoms with Crippen molar-refractivity contribution in [1.82, 2.24) is 24.4 Å². The van der Waals surface area contributed by atoms with E-state index < -0.39 is 38.5 Å². The molecule has 1 unspecified atom stereocenters. The standard InChI is InChI=1S/C42H44N6O8S2/c1-28-11-21-34(22-12-28)58(50,51)57-27-54-35-23-37(48-26-43-38-39(48)45-41(46-40(38)49)44-25-47(2)3)56-36(35)24-55-42(29-9-7-6-8-10-29,30-13-17-32(52-4)18-14-30)31-15-19-33(53-5)20-16-31/h6-22,25-26,35-37H,23-24,27H2,1-5H3,(H,45,46,49)/b44-25-/t35?,36-,37-/m1/s1. The number of hydrogen-bond donors (Lipinski definition) is 1. The Morgan fingerprint density at radius 3 is 2.16 bits per heavy atom. The van der Waals surface area contributed by atoms with E-state index >= 15 is 0 Å². The Balaban J connectivity index is 1.25. The molecule has 0 bridgehead atoms. The number of hydrogen-bond acceptors (Lipinski definition) is 12. The number of aromatic amines is 1. The molecule has 1 aliphatic rings. The van der Waals surface area contributed by atoms with Crippen LogP contribution in [0.25, 0.3) is 11.2 Å². The van der Waals surface area contributed by atoms with Crippen molar-refractivity contribution in [3.63, 3.8) is 0 Å². The molecule has 0 spiro atoms. The number of nitrogens with one attached hydrogen (secondary N) is 1. The van der Waals surface area contributed by atoms with Crippen LogP contribution in [-0.2, 0) is 28.7 Å². The summed E-state index contributed by atoms with van der Waals surface area (Å²) in [6.45, 7) is 1.90. The number of benzene rings is 4. The van der Waals surface area contributed by atoms with Gasteiger partial charge in [0.1, 0.15) is 35.4 Å². The summed E-state index contributed by atoms with van der Waals surface area (Å²) in [5, 5.41) is 0. The predicted octanol–water partition coefficient (Wildman–Crippen LogP) is 6.43. The Labute approximate surface area is 340 Å². The summed E-state index contributed by atoms with van der Waals surface area (Å²) < 4.78 is 59.6. The molecule has 58 heavy (non-hydrogen) atoms. The third-order valence-electron chi connectivity index (χ3n) is 9.75. The number of nitrogens with zero attached hydrogens (tertiary/aromatic N) is 5. The molecule has 3 heterocycles. The number of fused-ring (bicyclic) bond motifs is 1. The second kappa shape index (κ2) is 17.5. The van der Waals surface area contributed by atoms with Gasteiger partial charge < -0.3 is 28.6 Å². The van der Waals surface area contributed by atoms with Crippen molar-refractivity contribution in [1.29, 1.82) is 0 Å². The number of imidazole rings is 1. The Morgan fingerprint density at radius 1 is 0.931 bits per heavy atom. The zero-order valence-electron chi connectivity index (χ0n) is 32.6. The summed E-state index contributed by atoms with van der Waals surface area (Å²) in [7, 11) is 3.81. The minimum atomic E-state index is -3.73. The van der Waals surface area contributed by atoms with Crippen LogP contribution in [0.3, 0.4) is 0 Å². The Hall–Kier alpha value is -5.52. The topological polar surface area (TPSA) is 159 Å². The summed E-state index contributed by atoms with van der Waals surface area (Å²) in [6, 6.07) is 31.9. The van der Waals surface area contributed by atoms with Gasteiger partial charge >= 0.3 is 0 Å². The van der Waals surface area contributed by atoms with Gasteiger partial charge in [-0.15, -0.1) is 0 Å². The summed E-state index contributed by atoms with van der Waals surface area (Å²) in [5.41, 5.74) is 2.23. The molecule has 4 aromatic carbocycles. The first-order valence-electron chi connectivity index (χ1n) is 18.4. The summed E-state index contributed by atoms with van der Waals surface area (Å²) >= 11 is 0. The smallest absolute Gasteiger partial charge is 0.280 e. The minimum Gasteiger partial charge on any atom is -0.497 e. The zero-order valence-corrected chi connectivity index (χ0v) is 34.3. The molecule has 6 aromatic rings. The van der Waals surface area contributed by atoms with Crippen LogP contribution < -0.4 is 15.0 Å². The number of rotatable bonds is 16. The van der Waals surface area contributed by atoms with E-state index in [1.807, 2.05) is 85.8 Å². The highest BCUT2D eigenvalue weighted by Crippen LogP contribution is 2.43. The highest BCUT2D eigenvalue weighted by atomic mass is 33.1.